The molecule has 0 radical (unpaired) electrons. The summed E-state index contributed by atoms with van der Waals surface area (Å²) in [5.74, 6) is 0. The molecular formula is C10H18N2O2. The van der Waals surface area contributed by atoms with Gasteiger partial charge in [0.05, 0.1) is 11.8 Å². The predicted octanol–water partition coefficient (Wildman–Crippen LogP) is 1.36. The van der Waals surface area contributed by atoms with Crippen molar-refractivity contribution in [2.45, 2.75) is 39.0 Å². The van der Waals surface area contributed by atoms with Crippen molar-refractivity contribution in [3.63, 3.8) is 0 Å². The highest BCUT2D eigenvalue weighted by Gasteiger charge is 2.19. The lowest BCUT2D eigenvalue weighted by Crippen LogP contribution is -2.20. The Labute approximate surface area is 84.5 Å². The molecule has 1 aromatic rings. The summed E-state index contributed by atoms with van der Waals surface area (Å²) in [7, 11) is 1.59. The van der Waals surface area contributed by atoms with Gasteiger partial charge in [-0.3, -0.25) is 4.68 Å². The molecule has 1 heterocycles. The molecule has 4 heteroatoms. The Morgan fingerprint density at radius 1 is 1.64 bits per heavy atom. The molecule has 1 aromatic heterocycles. The Morgan fingerprint density at radius 3 is 2.93 bits per heavy atom. The molecule has 14 heavy (non-hydrogen) atoms. The largest absolute Gasteiger partial charge is 0.384 e. The van der Waals surface area contributed by atoms with Gasteiger partial charge in [0.1, 0.15) is 6.10 Å². The smallest absolute Gasteiger partial charge is 0.121 e. The molecule has 0 saturated carbocycles. The Bertz CT molecular complexity index is 273. The van der Waals surface area contributed by atoms with Crippen LogP contribution in [0, 0.1) is 0 Å². The molecule has 1 N–H and O–H groups in total. The minimum absolute atomic E-state index is 0.206. The van der Waals surface area contributed by atoms with E-state index in [1.165, 1.54) is 0 Å². The van der Waals surface area contributed by atoms with Gasteiger partial charge in [0.2, 0.25) is 0 Å². The number of aliphatic hydroxyl groups is 1. The van der Waals surface area contributed by atoms with E-state index in [-0.39, 0.29) is 6.10 Å². The zero-order valence-corrected chi connectivity index (χ0v) is 8.97. The van der Waals surface area contributed by atoms with E-state index < -0.39 is 6.10 Å². The number of aryl methyl sites for hydroxylation is 1. The number of hydrogen-bond acceptors (Lipinski definition) is 3. The average Bonchev–Trinajstić information content (AvgIpc) is 2.64. The lowest BCUT2D eigenvalue weighted by molar-refractivity contribution is -0.00593. The van der Waals surface area contributed by atoms with Crippen LogP contribution in [0.1, 0.15) is 32.1 Å². The quantitative estimate of drug-likeness (QED) is 0.777. The normalized spacial score (nSPS) is 15.4. The first kappa shape index (κ1) is 11.2. The van der Waals surface area contributed by atoms with Crippen LogP contribution in [0.5, 0.6) is 0 Å². The predicted molar refractivity (Wildman–Crippen MR) is 53.9 cm³/mol. The number of nitrogens with zero attached hydrogens (tertiary/aromatic N) is 2. The second-order valence-corrected chi connectivity index (χ2v) is 3.36. The number of rotatable bonds is 5. The van der Waals surface area contributed by atoms with Gasteiger partial charge in [-0.25, -0.2) is 0 Å². The molecule has 4 nitrogen and oxygen atoms in total. The van der Waals surface area contributed by atoms with Crippen LogP contribution in [-0.2, 0) is 11.3 Å². The summed E-state index contributed by atoms with van der Waals surface area (Å²) in [5, 5.41) is 14.0. The summed E-state index contributed by atoms with van der Waals surface area (Å²) >= 11 is 0. The van der Waals surface area contributed by atoms with Gasteiger partial charge in [-0.2, -0.15) is 5.10 Å². The maximum Gasteiger partial charge on any atom is 0.121 e. The maximum atomic E-state index is 9.90. The molecule has 0 amide bonds. The molecule has 1 rings (SSSR count). The van der Waals surface area contributed by atoms with Crippen molar-refractivity contribution in [2.75, 3.05) is 7.11 Å². The monoisotopic (exact) mass is 198 g/mol. The first-order chi connectivity index (χ1) is 6.70. The summed E-state index contributed by atoms with van der Waals surface area (Å²) in [5.41, 5.74) is 0.821. The number of aromatic nitrogens is 2. The third-order valence-electron chi connectivity index (χ3n) is 2.30. The second kappa shape index (κ2) is 5.12. The van der Waals surface area contributed by atoms with Gasteiger partial charge >= 0.3 is 0 Å². The molecular weight excluding hydrogens is 180 g/mol. The van der Waals surface area contributed by atoms with Gasteiger partial charge in [0.15, 0.2) is 0 Å². The minimum Gasteiger partial charge on any atom is -0.384 e. The standard InChI is InChI=1S/C10H18N2O2/c1-4-7-12-9(5-6-11-12)10(13)8(2)14-3/h5-6,8,10,13H,4,7H2,1-3H3. The van der Waals surface area contributed by atoms with E-state index in [1.54, 1.807) is 13.3 Å². The fourth-order valence-electron chi connectivity index (χ4n) is 1.36. The van der Waals surface area contributed by atoms with E-state index in [0.717, 1.165) is 18.7 Å². The fourth-order valence-corrected chi connectivity index (χ4v) is 1.36. The lowest BCUT2D eigenvalue weighted by atomic mass is 10.1. The van der Waals surface area contributed by atoms with E-state index >= 15 is 0 Å². The van der Waals surface area contributed by atoms with Crippen molar-refractivity contribution in [1.82, 2.24) is 9.78 Å². The first-order valence-electron chi connectivity index (χ1n) is 4.93. The van der Waals surface area contributed by atoms with Crippen molar-refractivity contribution in [2.24, 2.45) is 0 Å². The Morgan fingerprint density at radius 2 is 2.36 bits per heavy atom. The van der Waals surface area contributed by atoms with Gasteiger partial charge in [-0.15, -0.1) is 0 Å². The molecule has 2 unspecified atom stereocenters. The zero-order valence-electron chi connectivity index (χ0n) is 8.97. The molecule has 0 aliphatic rings. The topological polar surface area (TPSA) is 47.3 Å². The molecule has 0 fully saturated rings. The second-order valence-electron chi connectivity index (χ2n) is 3.36. The third-order valence-corrected chi connectivity index (χ3v) is 2.30. The van der Waals surface area contributed by atoms with E-state index in [2.05, 4.69) is 12.0 Å². The third kappa shape index (κ3) is 2.33. The van der Waals surface area contributed by atoms with Crippen LogP contribution >= 0.6 is 0 Å². The molecule has 0 aromatic carbocycles. The summed E-state index contributed by atoms with van der Waals surface area (Å²) in [6.07, 6.45) is 1.90. The first-order valence-corrected chi connectivity index (χ1v) is 4.93. The molecule has 0 saturated heterocycles. The molecule has 80 valence electrons. The number of methoxy groups -OCH3 is 1. The minimum atomic E-state index is -0.603. The van der Waals surface area contributed by atoms with E-state index in [4.69, 9.17) is 4.74 Å². The number of ether oxygens (including phenoxy) is 1. The highest BCUT2D eigenvalue weighted by Crippen LogP contribution is 2.18. The van der Waals surface area contributed by atoms with Gasteiger partial charge in [-0.05, 0) is 19.4 Å². The van der Waals surface area contributed by atoms with Gasteiger partial charge < -0.3 is 9.84 Å². The SMILES string of the molecule is CCCn1nccc1C(O)C(C)OC. The van der Waals surface area contributed by atoms with Crippen molar-refractivity contribution >= 4 is 0 Å². The molecule has 0 aliphatic heterocycles. The zero-order chi connectivity index (χ0) is 10.6. The fraction of sp³-hybridized carbons (Fsp3) is 0.700. The number of hydrogen-bond donors (Lipinski definition) is 1. The maximum absolute atomic E-state index is 9.90. The van der Waals surface area contributed by atoms with Crippen LogP contribution in [0.15, 0.2) is 12.3 Å². The van der Waals surface area contributed by atoms with Gasteiger partial charge in [-0.1, -0.05) is 6.92 Å². The van der Waals surface area contributed by atoms with Crippen molar-refractivity contribution in [3.8, 4) is 0 Å². The summed E-state index contributed by atoms with van der Waals surface area (Å²) in [6, 6.07) is 1.83. The molecule has 0 aliphatic carbocycles. The van der Waals surface area contributed by atoms with Crippen LogP contribution in [-0.4, -0.2) is 28.1 Å². The number of aliphatic hydroxyl groups excluding tert-OH is 1. The summed E-state index contributed by atoms with van der Waals surface area (Å²) in [6.45, 7) is 4.75. The van der Waals surface area contributed by atoms with E-state index in [0.29, 0.717) is 0 Å². The Hall–Kier alpha value is -0.870. The van der Waals surface area contributed by atoms with Crippen LogP contribution in [0.4, 0.5) is 0 Å². The summed E-state index contributed by atoms with van der Waals surface area (Å²) in [4.78, 5) is 0. The molecule has 0 bridgehead atoms. The average molecular weight is 198 g/mol. The van der Waals surface area contributed by atoms with Crippen molar-refractivity contribution < 1.29 is 9.84 Å². The van der Waals surface area contributed by atoms with Gasteiger partial charge in [0.25, 0.3) is 0 Å². The molecule has 2 atom stereocenters. The van der Waals surface area contributed by atoms with E-state index in [9.17, 15) is 5.11 Å². The van der Waals surface area contributed by atoms with Crippen molar-refractivity contribution in [1.29, 1.82) is 0 Å². The highest BCUT2D eigenvalue weighted by molar-refractivity contribution is 5.06. The van der Waals surface area contributed by atoms with Crippen LogP contribution in [0.25, 0.3) is 0 Å². The Kier molecular flexibility index (Phi) is 4.10. The highest BCUT2D eigenvalue weighted by atomic mass is 16.5. The molecule has 0 spiro atoms. The van der Waals surface area contributed by atoms with Gasteiger partial charge in [0, 0.05) is 19.9 Å². The van der Waals surface area contributed by atoms with E-state index in [1.807, 2.05) is 17.7 Å². The lowest BCUT2D eigenvalue weighted by Gasteiger charge is -2.18. The van der Waals surface area contributed by atoms with Crippen LogP contribution < -0.4 is 0 Å². The Balaban J connectivity index is 2.77. The van der Waals surface area contributed by atoms with Crippen LogP contribution in [0.2, 0.25) is 0 Å². The summed E-state index contributed by atoms with van der Waals surface area (Å²) < 4.78 is 6.90. The van der Waals surface area contributed by atoms with Crippen molar-refractivity contribution in [3.05, 3.63) is 18.0 Å². The van der Waals surface area contributed by atoms with Crippen LogP contribution in [0.3, 0.4) is 0 Å².